The van der Waals surface area contributed by atoms with Crippen molar-refractivity contribution in [2.45, 2.75) is 0 Å². The fraction of sp³-hybridized carbons (Fsp3) is 0.250. The van der Waals surface area contributed by atoms with E-state index < -0.39 is 4.92 Å². The minimum atomic E-state index is -0.429. The van der Waals surface area contributed by atoms with E-state index in [2.05, 4.69) is 9.88 Å². The van der Waals surface area contributed by atoms with Crippen LogP contribution in [0.2, 0.25) is 0 Å². The van der Waals surface area contributed by atoms with Gasteiger partial charge in [-0.25, -0.2) is 4.98 Å². The number of pyridine rings is 1. The molecular formula is C16H17N4O3+. The Hall–Kier alpha value is -2.96. The number of nitro groups is 1. The van der Waals surface area contributed by atoms with Crippen LogP contribution in [0.5, 0.6) is 0 Å². The maximum absolute atomic E-state index is 11.3. The standard InChI is InChI=1S/C16H16N4O3/c21-12-13-1-2-15(16(11-13)20(22)23)19-9-7-18(8-10-19)14-3-5-17-6-4-14/h1-6,11-12H,7-10H2/p+1. The average molecular weight is 313 g/mol. The lowest BCUT2D eigenvalue weighted by molar-refractivity contribution is -0.384. The van der Waals surface area contributed by atoms with Crippen LogP contribution in [-0.2, 0) is 0 Å². The first-order chi connectivity index (χ1) is 11.2. The Bertz CT molecular complexity index is 713. The minimum Gasteiger partial charge on any atom is -0.368 e. The molecule has 7 nitrogen and oxygen atoms in total. The van der Waals surface area contributed by atoms with Crippen molar-refractivity contribution >= 4 is 23.3 Å². The number of aldehydes is 1. The molecule has 0 amide bonds. The van der Waals surface area contributed by atoms with Crippen molar-refractivity contribution in [3.05, 3.63) is 58.4 Å². The van der Waals surface area contributed by atoms with Crippen LogP contribution in [0.4, 0.5) is 17.1 Å². The van der Waals surface area contributed by atoms with E-state index in [9.17, 15) is 14.9 Å². The van der Waals surface area contributed by atoms with Crippen molar-refractivity contribution < 1.29 is 14.7 Å². The number of nitro benzene ring substituents is 1. The molecule has 1 aromatic carbocycles. The second kappa shape index (κ2) is 6.43. The van der Waals surface area contributed by atoms with E-state index in [1.54, 1.807) is 12.1 Å². The molecule has 118 valence electrons. The highest BCUT2D eigenvalue weighted by molar-refractivity contribution is 5.79. The van der Waals surface area contributed by atoms with Gasteiger partial charge in [0, 0.05) is 55.6 Å². The zero-order valence-electron chi connectivity index (χ0n) is 12.5. The molecule has 0 atom stereocenters. The van der Waals surface area contributed by atoms with E-state index in [0.29, 0.717) is 30.6 Å². The van der Waals surface area contributed by atoms with Crippen LogP contribution in [0.15, 0.2) is 42.7 Å². The number of carbonyl (C=O) groups is 1. The number of anilines is 2. The molecule has 0 radical (unpaired) electrons. The predicted octanol–water partition coefficient (Wildman–Crippen LogP) is 1.55. The molecule has 3 rings (SSSR count). The van der Waals surface area contributed by atoms with Crippen molar-refractivity contribution in [1.82, 2.24) is 0 Å². The lowest BCUT2D eigenvalue weighted by Gasteiger charge is -2.36. The molecule has 2 heterocycles. The summed E-state index contributed by atoms with van der Waals surface area (Å²) in [4.78, 5) is 28.9. The number of nitrogens with one attached hydrogen (secondary N) is 1. The van der Waals surface area contributed by atoms with E-state index in [0.717, 1.165) is 18.8 Å². The number of aromatic nitrogens is 1. The summed E-state index contributed by atoms with van der Waals surface area (Å²) >= 11 is 0. The molecule has 1 aliphatic heterocycles. The first-order valence-electron chi connectivity index (χ1n) is 7.38. The maximum atomic E-state index is 11.3. The molecule has 0 spiro atoms. The third-order valence-corrected chi connectivity index (χ3v) is 4.02. The van der Waals surface area contributed by atoms with Crippen LogP contribution in [0.3, 0.4) is 0 Å². The number of piperazine rings is 1. The number of carbonyl (C=O) groups excluding carboxylic acids is 1. The number of aromatic amines is 1. The van der Waals surface area contributed by atoms with Crippen molar-refractivity contribution in [3.8, 4) is 0 Å². The van der Waals surface area contributed by atoms with Gasteiger partial charge >= 0.3 is 0 Å². The fourth-order valence-electron chi connectivity index (χ4n) is 2.82. The summed E-state index contributed by atoms with van der Waals surface area (Å²) in [6, 6.07) is 8.64. The number of H-pyrrole nitrogens is 1. The summed E-state index contributed by atoms with van der Waals surface area (Å²) in [5, 5.41) is 11.3. The molecule has 1 aliphatic rings. The molecule has 23 heavy (non-hydrogen) atoms. The molecule has 1 aromatic heterocycles. The second-order valence-electron chi connectivity index (χ2n) is 5.36. The number of hydrogen-bond donors (Lipinski definition) is 0. The lowest BCUT2D eigenvalue weighted by atomic mass is 10.1. The Morgan fingerprint density at radius 3 is 2.30 bits per heavy atom. The van der Waals surface area contributed by atoms with E-state index in [-0.39, 0.29) is 5.69 Å². The van der Waals surface area contributed by atoms with Gasteiger partial charge in [-0.2, -0.15) is 0 Å². The van der Waals surface area contributed by atoms with Crippen LogP contribution in [-0.4, -0.2) is 37.4 Å². The summed E-state index contributed by atoms with van der Waals surface area (Å²) in [6.07, 6.45) is 4.39. The second-order valence-corrected chi connectivity index (χ2v) is 5.36. The number of nitrogens with zero attached hydrogens (tertiary/aromatic N) is 3. The molecular weight excluding hydrogens is 296 g/mol. The van der Waals surface area contributed by atoms with E-state index >= 15 is 0 Å². The Labute approximate surface area is 133 Å². The van der Waals surface area contributed by atoms with Gasteiger partial charge in [0.2, 0.25) is 0 Å². The van der Waals surface area contributed by atoms with E-state index in [1.165, 1.54) is 6.07 Å². The van der Waals surface area contributed by atoms with Crippen LogP contribution < -0.4 is 14.8 Å². The van der Waals surface area contributed by atoms with Gasteiger partial charge in [-0.05, 0) is 12.1 Å². The van der Waals surface area contributed by atoms with Crippen LogP contribution >= 0.6 is 0 Å². The van der Waals surface area contributed by atoms with Gasteiger partial charge in [-0.15, -0.1) is 0 Å². The maximum Gasteiger partial charge on any atom is 0.293 e. The summed E-state index contributed by atoms with van der Waals surface area (Å²) < 4.78 is 0. The summed E-state index contributed by atoms with van der Waals surface area (Å²) in [5.41, 5.74) is 2.01. The van der Waals surface area contributed by atoms with Gasteiger partial charge < -0.3 is 9.80 Å². The molecule has 0 saturated carbocycles. The summed E-state index contributed by atoms with van der Waals surface area (Å²) in [6.45, 7) is 2.97. The molecule has 2 aromatic rings. The molecule has 1 N–H and O–H groups in total. The SMILES string of the molecule is O=Cc1ccc(N2CCN(c3cc[nH+]cc3)CC2)c([N+](=O)[O-])c1. The Morgan fingerprint density at radius 2 is 1.70 bits per heavy atom. The van der Waals surface area contributed by atoms with Gasteiger partial charge in [-0.1, -0.05) is 0 Å². The van der Waals surface area contributed by atoms with Crippen LogP contribution in [0.1, 0.15) is 10.4 Å². The molecule has 0 bridgehead atoms. The number of hydrogen-bond acceptors (Lipinski definition) is 5. The number of rotatable bonds is 4. The molecule has 1 saturated heterocycles. The summed E-state index contributed by atoms with van der Waals surface area (Å²) in [5.74, 6) is 0. The van der Waals surface area contributed by atoms with Crippen LogP contribution in [0.25, 0.3) is 0 Å². The Kier molecular flexibility index (Phi) is 4.18. The van der Waals surface area contributed by atoms with Gasteiger partial charge in [0.05, 0.1) is 4.92 Å². The van der Waals surface area contributed by atoms with Crippen molar-refractivity contribution in [2.24, 2.45) is 0 Å². The van der Waals surface area contributed by atoms with Gasteiger partial charge in [0.1, 0.15) is 12.0 Å². The van der Waals surface area contributed by atoms with Gasteiger partial charge in [-0.3, -0.25) is 14.9 Å². The van der Waals surface area contributed by atoms with E-state index in [4.69, 9.17) is 0 Å². The molecule has 1 fully saturated rings. The Balaban J connectivity index is 1.77. The number of benzene rings is 1. The lowest BCUT2D eigenvalue weighted by Crippen LogP contribution is -2.46. The van der Waals surface area contributed by atoms with Crippen LogP contribution in [0, 0.1) is 10.1 Å². The third kappa shape index (κ3) is 3.13. The Morgan fingerprint density at radius 1 is 1.04 bits per heavy atom. The quantitative estimate of drug-likeness (QED) is 0.486. The van der Waals surface area contributed by atoms with Gasteiger partial charge in [0.15, 0.2) is 12.4 Å². The highest BCUT2D eigenvalue weighted by Gasteiger charge is 2.24. The highest BCUT2D eigenvalue weighted by atomic mass is 16.6. The largest absolute Gasteiger partial charge is 0.368 e. The summed E-state index contributed by atoms with van der Waals surface area (Å²) in [7, 11) is 0. The van der Waals surface area contributed by atoms with Gasteiger partial charge in [0.25, 0.3) is 5.69 Å². The topological polar surface area (TPSA) is 80.8 Å². The smallest absolute Gasteiger partial charge is 0.293 e. The molecule has 0 unspecified atom stereocenters. The minimum absolute atomic E-state index is 0.0163. The third-order valence-electron chi connectivity index (χ3n) is 4.02. The highest BCUT2D eigenvalue weighted by Crippen LogP contribution is 2.30. The normalized spacial score (nSPS) is 14.6. The van der Waals surface area contributed by atoms with E-state index in [1.807, 2.05) is 29.4 Å². The zero-order valence-corrected chi connectivity index (χ0v) is 12.5. The zero-order chi connectivity index (χ0) is 16.2. The average Bonchev–Trinajstić information content (AvgIpc) is 2.62. The first-order valence-corrected chi connectivity index (χ1v) is 7.38. The fourth-order valence-corrected chi connectivity index (χ4v) is 2.82. The molecule has 0 aliphatic carbocycles. The molecule has 7 heteroatoms. The monoisotopic (exact) mass is 313 g/mol. The van der Waals surface area contributed by atoms with Crippen molar-refractivity contribution in [2.75, 3.05) is 36.0 Å². The first kappa shape index (κ1) is 15.0. The van der Waals surface area contributed by atoms with Crippen molar-refractivity contribution in [1.29, 1.82) is 0 Å². The predicted molar refractivity (Wildman–Crippen MR) is 85.9 cm³/mol. The van der Waals surface area contributed by atoms with Crippen molar-refractivity contribution in [3.63, 3.8) is 0 Å².